The zero-order valence-electron chi connectivity index (χ0n) is 13.6. The summed E-state index contributed by atoms with van der Waals surface area (Å²) in [5.74, 6) is 0.197. The second kappa shape index (κ2) is 8.00. The Balaban J connectivity index is 1.68. The van der Waals surface area contributed by atoms with Crippen molar-refractivity contribution in [1.29, 1.82) is 0 Å². The molecule has 2 heterocycles. The van der Waals surface area contributed by atoms with Crippen LogP contribution in [0.3, 0.4) is 0 Å². The van der Waals surface area contributed by atoms with Crippen molar-refractivity contribution in [2.75, 3.05) is 16.9 Å². The van der Waals surface area contributed by atoms with Gasteiger partial charge >= 0.3 is 6.61 Å². The molecular weight excluding hydrogens is 384 g/mol. The third-order valence-corrected chi connectivity index (χ3v) is 5.46. The minimum absolute atomic E-state index is 0.0271. The number of benzene rings is 1. The summed E-state index contributed by atoms with van der Waals surface area (Å²) >= 11 is 2.83. The van der Waals surface area contributed by atoms with E-state index in [4.69, 9.17) is 0 Å². The quantitative estimate of drug-likeness (QED) is 0.836. The topological polar surface area (TPSA) is 71.5 Å². The Kier molecular flexibility index (Phi) is 5.72. The summed E-state index contributed by atoms with van der Waals surface area (Å²) in [6.45, 7) is -1.04. The number of hydrogen-bond donors (Lipinski definition) is 1. The van der Waals surface area contributed by atoms with Gasteiger partial charge in [0.15, 0.2) is 5.13 Å². The SMILES string of the molecule is Cc1cnc(NC(=O)C2CSCN2C(=O)c2ccc(OC(F)F)cc2)s1. The number of anilines is 1. The summed E-state index contributed by atoms with van der Waals surface area (Å²) in [6.07, 6.45) is 1.66. The van der Waals surface area contributed by atoms with Crippen LogP contribution in [0, 0.1) is 6.92 Å². The molecule has 26 heavy (non-hydrogen) atoms. The van der Waals surface area contributed by atoms with Gasteiger partial charge in [0.1, 0.15) is 11.8 Å². The van der Waals surface area contributed by atoms with Gasteiger partial charge < -0.3 is 15.0 Å². The van der Waals surface area contributed by atoms with E-state index in [-0.39, 0.29) is 17.6 Å². The number of thiazole rings is 1. The Hall–Kier alpha value is -2.20. The molecular formula is C16H15F2N3O3S2. The Morgan fingerprint density at radius 2 is 2.08 bits per heavy atom. The largest absolute Gasteiger partial charge is 0.435 e. The van der Waals surface area contributed by atoms with Crippen LogP contribution in [0.25, 0.3) is 0 Å². The van der Waals surface area contributed by atoms with Gasteiger partial charge in [-0.3, -0.25) is 9.59 Å². The smallest absolute Gasteiger partial charge is 0.387 e. The number of hydrogen-bond acceptors (Lipinski definition) is 6. The van der Waals surface area contributed by atoms with Crippen LogP contribution >= 0.6 is 23.1 Å². The monoisotopic (exact) mass is 399 g/mol. The van der Waals surface area contributed by atoms with Crippen LogP contribution in [0.15, 0.2) is 30.5 Å². The number of ether oxygens (including phenoxy) is 1. The first kappa shape index (κ1) is 18.6. The van der Waals surface area contributed by atoms with E-state index >= 15 is 0 Å². The molecule has 1 N–H and O–H groups in total. The highest BCUT2D eigenvalue weighted by Gasteiger charge is 2.35. The second-order valence-corrected chi connectivity index (χ2v) is 7.69. The first-order valence-corrected chi connectivity index (χ1v) is 9.58. The number of amides is 2. The minimum Gasteiger partial charge on any atom is -0.435 e. The molecule has 0 saturated carbocycles. The van der Waals surface area contributed by atoms with Crippen LogP contribution in [0.1, 0.15) is 15.2 Å². The molecule has 6 nitrogen and oxygen atoms in total. The van der Waals surface area contributed by atoms with E-state index in [0.29, 0.717) is 22.3 Å². The molecule has 2 amide bonds. The maximum atomic E-state index is 12.7. The Morgan fingerprint density at radius 3 is 2.69 bits per heavy atom. The first-order chi connectivity index (χ1) is 12.4. The van der Waals surface area contributed by atoms with Crippen LogP contribution < -0.4 is 10.1 Å². The maximum absolute atomic E-state index is 12.7. The predicted molar refractivity (Wildman–Crippen MR) is 95.8 cm³/mol. The van der Waals surface area contributed by atoms with Gasteiger partial charge in [0, 0.05) is 22.4 Å². The van der Waals surface area contributed by atoms with E-state index in [9.17, 15) is 18.4 Å². The molecule has 1 atom stereocenters. The molecule has 2 aromatic rings. The Morgan fingerprint density at radius 1 is 1.35 bits per heavy atom. The summed E-state index contributed by atoms with van der Waals surface area (Å²) in [6, 6.07) is 4.80. The van der Waals surface area contributed by atoms with Crippen molar-refractivity contribution in [2.45, 2.75) is 19.6 Å². The summed E-state index contributed by atoms with van der Waals surface area (Å²) in [5.41, 5.74) is 0.303. The molecule has 0 spiro atoms. The van der Waals surface area contributed by atoms with Gasteiger partial charge in [0.2, 0.25) is 5.91 Å². The predicted octanol–water partition coefficient (Wildman–Crippen LogP) is 3.21. The summed E-state index contributed by atoms with van der Waals surface area (Å²) < 4.78 is 28.7. The normalized spacial score (nSPS) is 16.8. The van der Waals surface area contributed by atoms with Crippen molar-refractivity contribution in [3.8, 4) is 5.75 Å². The molecule has 1 saturated heterocycles. The van der Waals surface area contributed by atoms with Gasteiger partial charge in [0.05, 0.1) is 5.88 Å². The fourth-order valence-corrected chi connectivity index (χ4v) is 4.23. The number of alkyl halides is 2. The molecule has 1 aliphatic heterocycles. The van der Waals surface area contributed by atoms with E-state index in [1.165, 1.54) is 52.3 Å². The highest BCUT2D eigenvalue weighted by molar-refractivity contribution is 7.99. The van der Waals surface area contributed by atoms with Gasteiger partial charge in [-0.25, -0.2) is 4.98 Å². The lowest BCUT2D eigenvalue weighted by Crippen LogP contribution is -2.44. The van der Waals surface area contributed by atoms with Crippen molar-refractivity contribution in [2.24, 2.45) is 0 Å². The zero-order chi connectivity index (χ0) is 18.7. The lowest BCUT2D eigenvalue weighted by molar-refractivity contribution is -0.119. The Labute approximate surface area is 156 Å². The second-order valence-electron chi connectivity index (χ2n) is 5.46. The molecule has 10 heteroatoms. The lowest BCUT2D eigenvalue weighted by Gasteiger charge is -2.22. The standard InChI is InChI=1S/C16H15F2N3O3S2/c1-9-6-19-16(26-9)20-13(22)12-7-25-8-21(12)14(23)10-2-4-11(5-3-10)24-15(17)18/h2-6,12,15H,7-8H2,1H3,(H,19,20,22). The molecule has 0 bridgehead atoms. The van der Waals surface area contributed by atoms with E-state index in [1.807, 2.05) is 6.92 Å². The molecule has 1 fully saturated rings. The third kappa shape index (κ3) is 4.31. The minimum atomic E-state index is -2.92. The van der Waals surface area contributed by atoms with Crippen molar-refractivity contribution < 1.29 is 23.1 Å². The van der Waals surface area contributed by atoms with Crippen LogP contribution in [0.2, 0.25) is 0 Å². The first-order valence-electron chi connectivity index (χ1n) is 7.61. The van der Waals surface area contributed by atoms with Crippen molar-refractivity contribution in [3.63, 3.8) is 0 Å². The molecule has 1 unspecified atom stereocenters. The zero-order valence-corrected chi connectivity index (χ0v) is 15.3. The van der Waals surface area contributed by atoms with Crippen LogP contribution in [0.5, 0.6) is 5.75 Å². The molecule has 1 aromatic heterocycles. The summed E-state index contributed by atoms with van der Waals surface area (Å²) in [4.78, 5) is 31.7. The van der Waals surface area contributed by atoms with E-state index in [0.717, 1.165) is 4.88 Å². The number of halogens is 2. The van der Waals surface area contributed by atoms with E-state index in [1.54, 1.807) is 6.20 Å². The maximum Gasteiger partial charge on any atom is 0.387 e. The van der Waals surface area contributed by atoms with Crippen LogP contribution in [-0.2, 0) is 4.79 Å². The van der Waals surface area contributed by atoms with Crippen molar-refractivity contribution >= 4 is 40.0 Å². The number of carbonyl (C=O) groups excluding carboxylic acids is 2. The number of nitrogens with zero attached hydrogens (tertiary/aromatic N) is 2. The lowest BCUT2D eigenvalue weighted by atomic mass is 10.1. The number of carbonyl (C=O) groups is 2. The van der Waals surface area contributed by atoms with Gasteiger partial charge in [-0.1, -0.05) is 0 Å². The van der Waals surface area contributed by atoms with Gasteiger partial charge in [-0.2, -0.15) is 8.78 Å². The van der Waals surface area contributed by atoms with Crippen molar-refractivity contribution in [1.82, 2.24) is 9.88 Å². The molecule has 3 rings (SSSR count). The van der Waals surface area contributed by atoms with Gasteiger partial charge in [-0.05, 0) is 31.2 Å². The fraction of sp³-hybridized carbons (Fsp3) is 0.312. The molecule has 0 radical (unpaired) electrons. The average molecular weight is 399 g/mol. The molecule has 138 valence electrons. The Bertz CT molecular complexity index is 798. The number of thioether (sulfide) groups is 1. The average Bonchev–Trinajstić information content (AvgIpc) is 3.23. The summed E-state index contributed by atoms with van der Waals surface area (Å²) in [7, 11) is 0. The number of aryl methyl sites for hydroxylation is 1. The third-order valence-electron chi connectivity index (χ3n) is 3.62. The van der Waals surface area contributed by atoms with Crippen LogP contribution in [-0.4, -0.2) is 46.0 Å². The number of nitrogens with one attached hydrogen (secondary N) is 1. The van der Waals surface area contributed by atoms with Crippen molar-refractivity contribution in [3.05, 3.63) is 40.9 Å². The van der Waals surface area contributed by atoms with Gasteiger partial charge in [0.25, 0.3) is 5.91 Å². The number of aromatic nitrogens is 1. The fourth-order valence-electron chi connectivity index (χ4n) is 2.41. The van der Waals surface area contributed by atoms with E-state index in [2.05, 4.69) is 15.0 Å². The highest BCUT2D eigenvalue weighted by Crippen LogP contribution is 2.26. The van der Waals surface area contributed by atoms with E-state index < -0.39 is 12.7 Å². The molecule has 1 aromatic carbocycles. The molecule has 0 aliphatic carbocycles. The summed E-state index contributed by atoms with van der Waals surface area (Å²) in [5, 5.41) is 3.22. The highest BCUT2D eigenvalue weighted by atomic mass is 32.2. The van der Waals surface area contributed by atoms with Gasteiger partial charge in [-0.15, -0.1) is 23.1 Å². The number of rotatable bonds is 5. The molecule has 1 aliphatic rings. The van der Waals surface area contributed by atoms with Crippen LogP contribution in [0.4, 0.5) is 13.9 Å².